The zero-order valence-electron chi connectivity index (χ0n) is 14.3. The van der Waals surface area contributed by atoms with Crippen molar-refractivity contribution in [2.75, 3.05) is 24.5 Å². The molecule has 1 fully saturated rings. The monoisotopic (exact) mass is 288 g/mol. The van der Waals surface area contributed by atoms with Crippen LogP contribution in [-0.4, -0.2) is 25.7 Å². The standard InChI is InChI=1S/C19H32N2/c1-5-21(18-10-8-17(4)9-11-18)15-19(12-6-7-13-19)14-20-16(2)3/h8-11,16,20H,5-7,12-15H2,1-4H3. The van der Waals surface area contributed by atoms with Gasteiger partial charge in [0.2, 0.25) is 0 Å². The Morgan fingerprint density at radius 3 is 2.29 bits per heavy atom. The highest BCUT2D eigenvalue weighted by molar-refractivity contribution is 5.47. The molecule has 0 bridgehead atoms. The highest BCUT2D eigenvalue weighted by Crippen LogP contribution is 2.39. The van der Waals surface area contributed by atoms with Crippen LogP contribution < -0.4 is 10.2 Å². The molecule has 0 amide bonds. The molecule has 2 nitrogen and oxygen atoms in total. The summed E-state index contributed by atoms with van der Waals surface area (Å²) in [5.41, 5.74) is 3.18. The number of nitrogens with one attached hydrogen (secondary N) is 1. The Labute approximate surface area is 130 Å². The number of nitrogens with zero attached hydrogens (tertiary/aromatic N) is 1. The molecule has 1 aromatic carbocycles. The third-order valence-corrected chi connectivity index (χ3v) is 4.86. The van der Waals surface area contributed by atoms with Crippen molar-refractivity contribution in [1.29, 1.82) is 0 Å². The molecule has 2 rings (SSSR count). The summed E-state index contributed by atoms with van der Waals surface area (Å²) in [4.78, 5) is 2.56. The number of anilines is 1. The topological polar surface area (TPSA) is 15.3 Å². The molecule has 0 radical (unpaired) electrons. The third kappa shape index (κ3) is 4.47. The average molecular weight is 288 g/mol. The van der Waals surface area contributed by atoms with Gasteiger partial charge in [-0.25, -0.2) is 0 Å². The van der Waals surface area contributed by atoms with Crippen LogP contribution in [0, 0.1) is 12.3 Å². The minimum atomic E-state index is 0.463. The van der Waals surface area contributed by atoms with Crippen LogP contribution in [0.2, 0.25) is 0 Å². The van der Waals surface area contributed by atoms with Crippen molar-refractivity contribution in [3.63, 3.8) is 0 Å². The molecule has 0 atom stereocenters. The molecule has 0 spiro atoms. The van der Waals surface area contributed by atoms with Crippen molar-refractivity contribution in [3.05, 3.63) is 29.8 Å². The van der Waals surface area contributed by atoms with Crippen LogP contribution in [0.3, 0.4) is 0 Å². The minimum absolute atomic E-state index is 0.463. The van der Waals surface area contributed by atoms with E-state index < -0.39 is 0 Å². The van der Waals surface area contributed by atoms with Gasteiger partial charge in [0, 0.05) is 36.8 Å². The quantitative estimate of drug-likeness (QED) is 0.801. The predicted octanol–water partition coefficient (Wildman–Crippen LogP) is 4.38. The van der Waals surface area contributed by atoms with Gasteiger partial charge in [0.05, 0.1) is 0 Å². The van der Waals surface area contributed by atoms with Gasteiger partial charge in [-0.1, -0.05) is 44.4 Å². The highest BCUT2D eigenvalue weighted by atomic mass is 15.1. The van der Waals surface area contributed by atoms with Gasteiger partial charge in [-0.05, 0) is 38.8 Å². The summed E-state index contributed by atoms with van der Waals surface area (Å²) in [5.74, 6) is 0. The molecule has 0 aliphatic heterocycles. The lowest BCUT2D eigenvalue weighted by Gasteiger charge is -2.37. The van der Waals surface area contributed by atoms with Crippen molar-refractivity contribution in [2.45, 2.75) is 59.4 Å². The maximum absolute atomic E-state index is 3.69. The van der Waals surface area contributed by atoms with E-state index in [1.807, 2.05) is 0 Å². The van der Waals surface area contributed by atoms with Crippen molar-refractivity contribution < 1.29 is 0 Å². The third-order valence-electron chi connectivity index (χ3n) is 4.86. The van der Waals surface area contributed by atoms with E-state index in [4.69, 9.17) is 0 Å². The molecule has 2 heteroatoms. The Morgan fingerprint density at radius 1 is 1.14 bits per heavy atom. The van der Waals surface area contributed by atoms with Crippen LogP contribution in [0.15, 0.2) is 24.3 Å². The van der Waals surface area contributed by atoms with Gasteiger partial charge >= 0.3 is 0 Å². The maximum atomic E-state index is 3.69. The second-order valence-corrected chi connectivity index (χ2v) is 7.09. The summed E-state index contributed by atoms with van der Waals surface area (Å²) in [7, 11) is 0. The molecule has 0 heterocycles. The molecule has 0 unspecified atom stereocenters. The lowest BCUT2D eigenvalue weighted by molar-refractivity contribution is 0.275. The summed E-state index contributed by atoms with van der Waals surface area (Å²) in [6.45, 7) is 12.4. The van der Waals surface area contributed by atoms with E-state index in [-0.39, 0.29) is 0 Å². The first-order chi connectivity index (χ1) is 10.0. The second-order valence-electron chi connectivity index (χ2n) is 7.09. The van der Waals surface area contributed by atoms with E-state index in [9.17, 15) is 0 Å². The Hall–Kier alpha value is -1.02. The SMILES string of the molecule is CCN(CC1(CNC(C)C)CCCC1)c1ccc(C)cc1. The van der Waals surface area contributed by atoms with Crippen molar-refractivity contribution in [1.82, 2.24) is 5.32 Å². The van der Waals surface area contributed by atoms with Gasteiger partial charge in [-0.15, -0.1) is 0 Å². The van der Waals surface area contributed by atoms with Crippen LogP contribution in [0.25, 0.3) is 0 Å². The van der Waals surface area contributed by atoms with Crippen LogP contribution in [-0.2, 0) is 0 Å². The molecule has 1 aliphatic rings. The van der Waals surface area contributed by atoms with Crippen molar-refractivity contribution >= 4 is 5.69 Å². The first-order valence-electron chi connectivity index (χ1n) is 8.60. The Bertz CT molecular complexity index is 416. The molecule has 21 heavy (non-hydrogen) atoms. The largest absolute Gasteiger partial charge is 0.371 e. The lowest BCUT2D eigenvalue weighted by Crippen LogP contribution is -2.44. The van der Waals surface area contributed by atoms with Crippen LogP contribution in [0.5, 0.6) is 0 Å². The Kier molecular flexibility index (Phi) is 5.69. The average Bonchev–Trinajstić information content (AvgIpc) is 2.93. The molecule has 1 aromatic rings. The number of aryl methyl sites for hydroxylation is 1. The number of hydrogen-bond donors (Lipinski definition) is 1. The predicted molar refractivity (Wildman–Crippen MR) is 93.1 cm³/mol. The fraction of sp³-hybridized carbons (Fsp3) is 0.684. The van der Waals surface area contributed by atoms with Crippen LogP contribution >= 0.6 is 0 Å². The van der Waals surface area contributed by atoms with Gasteiger partial charge in [0.15, 0.2) is 0 Å². The van der Waals surface area contributed by atoms with Gasteiger partial charge in [-0.3, -0.25) is 0 Å². The molecule has 1 saturated carbocycles. The summed E-state index contributed by atoms with van der Waals surface area (Å²) >= 11 is 0. The van der Waals surface area contributed by atoms with E-state index in [1.54, 1.807) is 0 Å². The molecular formula is C19H32N2. The number of benzene rings is 1. The summed E-state index contributed by atoms with van der Waals surface area (Å²) in [5, 5.41) is 3.69. The molecule has 118 valence electrons. The molecular weight excluding hydrogens is 256 g/mol. The smallest absolute Gasteiger partial charge is 0.0366 e. The summed E-state index contributed by atoms with van der Waals surface area (Å²) in [6, 6.07) is 9.59. The normalized spacial score (nSPS) is 17.4. The number of hydrogen-bond acceptors (Lipinski definition) is 2. The first-order valence-corrected chi connectivity index (χ1v) is 8.60. The minimum Gasteiger partial charge on any atom is -0.371 e. The van der Waals surface area contributed by atoms with E-state index in [0.29, 0.717) is 11.5 Å². The summed E-state index contributed by atoms with van der Waals surface area (Å²) < 4.78 is 0. The fourth-order valence-electron chi connectivity index (χ4n) is 3.48. The Balaban J connectivity index is 2.08. The van der Waals surface area contributed by atoms with E-state index >= 15 is 0 Å². The van der Waals surface area contributed by atoms with Gasteiger partial charge in [-0.2, -0.15) is 0 Å². The molecule has 1 aliphatic carbocycles. The molecule has 1 N–H and O–H groups in total. The maximum Gasteiger partial charge on any atom is 0.0366 e. The van der Waals surface area contributed by atoms with Crippen LogP contribution in [0.1, 0.15) is 52.0 Å². The molecule has 0 saturated heterocycles. The van der Waals surface area contributed by atoms with Gasteiger partial charge < -0.3 is 10.2 Å². The van der Waals surface area contributed by atoms with Gasteiger partial charge in [0.1, 0.15) is 0 Å². The van der Waals surface area contributed by atoms with Gasteiger partial charge in [0.25, 0.3) is 0 Å². The number of rotatable bonds is 7. The zero-order chi connectivity index (χ0) is 15.3. The Morgan fingerprint density at radius 2 is 1.76 bits per heavy atom. The van der Waals surface area contributed by atoms with E-state index in [0.717, 1.165) is 13.1 Å². The lowest BCUT2D eigenvalue weighted by atomic mass is 9.85. The van der Waals surface area contributed by atoms with Crippen LogP contribution in [0.4, 0.5) is 5.69 Å². The summed E-state index contributed by atoms with van der Waals surface area (Å²) in [6.07, 6.45) is 5.53. The van der Waals surface area contributed by atoms with Crippen molar-refractivity contribution in [2.24, 2.45) is 5.41 Å². The van der Waals surface area contributed by atoms with Crippen molar-refractivity contribution in [3.8, 4) is 0 Å². The fourth-order valence-corrected chi connectivity index (χ4v) is 3.48. The highest BCUT2D eigenvalue weighted by Gasteiger charge is 2.35. The van der Waals surface area contributed by atoms with E-state index in [2.05, 4.69) is 62.2 Å². The molecule has 0 aromatic heterocycles. The first kappa shape index (κ1) is 16.4. The second kappa shape index (κ2) is 7.31. The van der Waals surface area contributed by atoms with E-state index in [1.165, 1.54) is 43.5 Å². The zero-order valence-corrected chi connectivity index (χ0v) is 14.3.